The van der Waals surface area contributed by atoms with Gasteiger partial charge in [-0.2, -0.15) is 4.39 Å². The molecule has 1 aromatic heterocycles. The van der Waals surface area contributed by atoms with E-state index in [1.165, 1.54) is 18.2 Å². The molecule has 3 N–H and O–H groups in total. The Kier molecular flexibility index (Phi) is 4.37. The van der Waals surface area contributed by atoms with Crippen LogP contribution >= 0.6 is 0 Å². The lowest BCUT2D eigenvalue weighted by molar-refractivity contribution is -0.117. The normalized spacial score (nSPS) is 12.6. The zero-order chi connectivity index (χ0) is 12.1. The Morgan fingerprint density at radius 1 is 1.56 bits per heavy atom. The van der Waals surface area contributed by atoms with E-state index < -0.39 is 12.0 Å². The first kappa shape index (κ1) is 12.6. The van der Waals surface area contributed by atoms with E-state index in [0.29, 0.717) is 12.3 Å². The molecule has 0 aliphatic rings. The van der Waals surface area contributed by atoms with Crippen molar-refractivity contribution in [3.05, 3.63) is 24.1 Å². The van der Waals surface area contributed by atoms with Crippen LogP contribution in [0.5, 0.6) is 0 Å². The summed E-state index contributed by atoms with van der Waals surface area (Å²) in [5, 5.41) is 2.47. The number of rotatable bonds is 4. The maximum absolute atomic E-state index is 12.7. The molecule has 0 spiro atoms. The van der Waals surface area contributed by atoms with E-state index in [1.54, 1.807) is 0 Å². The lowest BCUT2D eigenvalue weighted by Gasteiger charge is -2.13. The van der Waals surface area contributed by atoms with Crippen molar-refractivity contribution >= 4 is 11.7 Å². The number of halogens is 1. The van der Waals surface area contributed by atoms with Gasteiger partial charge in [-0.25, -0.2) is 4.98 Å². The Morgan fingerprint density at radius 2 is 2.25 bits per heavy atom. The fourth-order valence-corrected chi connectivity index (χ4v) is 1.31. The Labute approximate surface area is 94.1 Å². The third kappa shape index (κ3) is 3.94. The van der Waals surface area contributed by atoms with Crippen LogP contribution < -0.4 is 11.1 Å². The van der Waals surface area contributed by atoms with Gasteiger partial charge in [0.25, 0.3) is 0 Å². The van der Waals surface area contributed by atoms with Crippen molar-refractivity contribution in [3.8, 4) is 0 Å². The molecule has 0 saturated carbocycles. The SMILES string of the molecule is CC(C)CC(N)C(=O)Nc1cccc(F)n1. The van der Waals surface area contributed by atoms with Gasteiger partial charge in [-0.3, -0.25) is 4.79 Å². The minimum Gasteiger partial charge on any atom is -0.320 e. The summed E-state index contributed by atoms with van der Waals surface area (Å²) in [5.41, 5.74) is 5.67. The summed E-state index contributed by atoms with van der Waals surface area (Å²) in [7, 11) is 0. The first-order valence-electron chi connectivity index (χ1n) is 5.18. The molecule has 1 atom stereocenters. The van der Waals surface area contributed by atoms with Crippen molar-refractivity contribution < 1.29 is 9.18 Å². The average molecular weight is 225 g/mol. The third-order valence-corrected chi connectivity index (χ3v) is 2.03. The second-order valence-corrected chi connectivity index (χ2v) is 4.07. The monoisotopic (exact) mass is 225 g/mol. The number of pyridine rings is 1. The number of nitrogens with one attached hydrogen (secondary N) is 1. The van der Waals surface area contributed by atoms with E-state index in [2.05, 4.69) is 10.3 Å². The molecule has 0 aliphatic carbocycles. The highest BCUT2D eigenvalue weighted by Gasteiger charge is 2.15. The molecule has 5 heteroatoms. The van der Waals surface area contributed by atoms with Crippen LogP contribution in [0.15, 0.2) is 18.2 Å². The standard InChI is InChI=1S/C11H16FN3O/c1-7(2)6-8(13)11(16)15-10-5-3-4-9(12)14-10/h3-5,7-8H,6,13H2,1-2H3,(H,14,15,16). The predicted octanol–water partition coefficient (Wildman–Crippen LogP) is 1.53. The van der Waals surface area contributed by atoms with Crippen LogP contribution in [0.2, 0.25) is 0 Å². The summed E-state index contributed by atoms with van der Waals surface area (Å²) in [6.07, 6.45) is 0.584. The molecular weight excluding hydrogens is 209 g/mol. The molecule has 16 heavy (non-hydrogen) atoms. The highest BCUT2D eigenvalue weighted by molar-refractivity contribution is 5.93. The lowest BCUT2D eigenvalue weighted by Crippen LogP contribution is -2.36. The summed E-state index contributed by atoms with van der Waals surface area (Å²) in [6.45, 7) is 3.96. The average Bonchev–Trinajstić information content (AvgIpc) is 2.16. The van der Waals surface area contributed by atoms with Gasteiger partial charge in [-0.05, 0) is 24.5 Å². The number of nitrogens with two attached hydrogens (primary N) is 1. The zero-order valence-corrected chi connectivity index (χ0v) is 9.40. The number of carbonyl (C=O) groups is 1. The summed E-state index contributed by atoms with van der Waals surface area (Å²) in [5.74, 6) is -0.451. The summed E-state index contributed by atoms with van der Waals surface area (Å²) in [4.78, 5) is 15.1. The van der Waals surface area contributed by atoms with Gasteiger partial charge in [-0.15, -0.1) is 0 Å². The number of nitrogens with zero attached hydrogens (tertiary/aromatic N) is 1. The minimum atomic E-state index is -0.629. The van der Waals surface area contributed by atoms with Gasteiger partial charge < -0.3 is 11.1 Å². The van der Waals surface area contributed by atoms with Crippen LogP contribution in [0.3, 0.4) is 0 Å². The third-order valence-electron chi connectivity index (χ3n) is 2.03. The maximum Gasteiger partial charge on any atom is 0.242 e. The Hall–Kier alpha value is -1.49. The van der Waals surface area contributed by atoms with Crippen molar-refractivity contribution in [2.45, 2.75) is 26.3 Å². The van der Waals surface area contributed by atoms with Gasteiger partial charge >= 0.3 is 0 Å². The molecule has 1 unspecified atom stereocenters. The van der Waals surface area contributed by atoms with Crippen molar-refractivity contribution in [2.24, 2.45) is 11.7 Å². The van der Waals surface area contributed by atoms with Gasteiger partial charge in [0.1, 0.15) is 5.82 Å². The van der Waals surface area contributed by atoms with Crippen molar-refractivity contribution in [3.63, 3.8) is 0 Å². The molecule has 1 rings (SSSR count). The quantitative estimate of drug-likeness (QED) is 0.763. The fraction of sp³-hybridized carbons (Fsp3) is 0.455. The maximum atomic E-state index is 12.7. The van der Waals surface area contributed by atoms with Crippen LogP contribution in [-0.4, -0.2) is 16.9 Å². The van der Waals surface area contributed by atoms with E-state index >= 15 is 0 Å². The molecule has 4 nitrogen and oxygen atoms in total. The number of hydrogen-bond acceptors (Lipinski definition) is 3. The molecule has 1 aromatic rings. The lowest BCUT2D eigenvalue weighted by atomic mass is 10.0. The predicted molar refractivity (Wildman–Crippen MR) is 60.3 cm³/mol. The summed E-state index contributed by atoms with van der Waals surface area (Å²) >= 11 is 0. The topological polar surface area (TPSA) is 68.0 Å². The number of aromatic nitrogens is 1. The van der Waals surface area contributed by atoms with Gasteiger partial charge in [0.05, 0.1) is 6.04 Å². The second kappa shape index (κ2) is 5.55. The van der Waals surface area contributed by atoms with Gasteiger partial charge in [0.2, 0.25) is 11.9 Å². The van der Waals surface area contributed by atoms with Crippen LogP contribution in [-0.2, 0) is 4.79 Å². The molecule has 88 valence electrons. The Morgan fingerprint density at radius 3 is 2.81 bits per heavy atom. The van der Waals surface area contributed by atoms with E-state index in [4.69, 9.17) is 5.73 Å². The molecule has 0 bridgehead atoms. The van der Waals surface area contributed by atoms with Crippen LogP contribution in [0.4, 0.5) is 10.2 Å². The number of hydrogen-bond donors (Lipinski definition) is 2. The van der Waals surface area contributed by atoms with E-state index in [9.17, 15) is 9.18 Å². The minimum absolute atomic E-state index is 0.184. The molecule has 0 radical (unpaired) electrons. The van der Waals surface area contributed by atoms with Crippen molar-refractivity contribution in [2.75, 3.05) is 5.32 Å². The van der Waals surface area contributed by atoms with E-state index in [1.807, 2.05) is 13.8 Å². The van der Waals surface area contributed by atoms with Gasteiger partial charge in [0.15, 0.2) is 0 Å². The fourth-order valence-electron chi connectivity index (χ4n) is 1.31. The largest absolute Gasteiger partial charge is 0.320 e. The smallest absolute Gasteiger partial charge is 0.242 e. The van der Waals surface area contributed by atoms with E-state index in [0.717, 1.165) is 0 Å². The molecule has 0 aromatic carbocycles. The number of amides is 1. The molecule has 0 fully saturated rings. The summed E-state index contributed by atoms with van der Waals surface area (Å²) < 4.78 is 12.7. The second-order valence-electron chi connectivity index (χ2n) is 4.07. The first-order valence-corrected chi connectivity index (χ1v) is 5.18. The zero-order valence-electron chi connectivity index (χ0n) is 9.40. The highest BCUT2D eigenvalue weighted by Crippen LogP contribution is 2.07. The number of anilines is 1. The summed E-state index contributed by atoms with van der Waals surface area (Å²) in [6, 6.07) is 3.61. The van der Waals surface area contributed by atoms with Crippen molar-refractivity contribution in [1.82, 2.24) is 4.98 Å². The molecular formula is C11H16FN3O. The van der Waals surface area contributed by atoms with Gasteiger partial charge in [0, 0.05) is 0 Å². The van der Waals surface area contributed by atoms with Crippen molar-refractivity contribution in [1.29, 1.82) is 0 Å². The van der Waals surface area contributed by atoms with Crippen LogP contribution in [0.25, 0.3) is 0 Å². The first-order chi connectivity index (χ1) is 7.49. The molecule has 1 heterocycles. The van der Waals surface area contributed by atoms with Crippen LogP contribution in [0.1, 0.15) is 20.3 Å². The van der Waals surface area contributed by atoms with E-state index in [-0.39, 0.29) is 11.7 Å². The number of carbonyl (C=O) groups excluding carboxylic acids is 1. The Balaban J connectivity index is 2.57. The van der Waals surface area contributed by atoms with Gasteiger partial charge in [-0.1, -0.05) is 19.9 Å². The Bertz CT molecular complexity index is 368. The van der Waals surface area contributed by atoms with Crippen LogP contribution in [0, 0.1) is 11.9 Å². The highest BCUT2D eigenvalue weighted by atomic mass is 19.1. The molecule has 1 amide bonds. The molecule has 0 saturated heterocycles. The molecule has 0 aliphatic heterocycles.